The fourth-order valence-corrected chi connectivity index (χ4v) is 1.84. The zero-order chi connectivity index (χ0) is 13.0. The first-order valence-corrected chi connectivity index (χ1v) is 6.18. The number of rotatable bonds is 4. The molecule has 2 rings (SSSR count). The van der Waals surface area contributed by atoms with Gasteiger partial charge < -0.3 is 4.74 Å². The minimum absolute atomic E-state index is 0.141. The van der Waals surface area contributed by atoms with Crippen molar-refractivity contribution in [3.8, 4) is 5.88 Å². The summed E-state index contributed by atoms with van der Waals surface area (Å²) in [6, 6.07) is 8.65. The van der Waals surface area contributed by atoms with E-state index in [2.05, 4.69) is 4.98 Å². The Hall–Kier alpha value is -1.32. The Morgan fingerprint density at radius 2 is 2.00 bits per heavy atom. The molecule has 0 unspecified atom stereocenters. The molecule has 0 spiro atoms. The molecule has 0 radical (unpaired) electrons. The van der Waals surface area contributed by atoms with Crippen molar-refractivity contribution in [2.24, 2.45) is 0 Å². The lowest BCUT2D eigenvalue weighted by Gasteiger charge is -2.09. The maximum Gasteiger partial charge on any atom is 0.218 e. The first-order chi connectivity index (χ1) is 8.70. The maximum absolute atomic E-state index is 13.0. The van der Waals surface area contributed by atoms with E-state index in [1.54, 1.807) is 6.07 Å². The van der Waals surface area contributed by atoms with Gasteiger partial charge in [0.2, 0.25) is 5.88 Å². The molecule has 1 heterocycles. The van der Waals surface area contributed by atoms with Crippen molar-refractivity contribution in [3.05, 3.63) is 58.5 Å². The van der Waals surface area contributed by atoms with Crippen LogP contribution in [0.3, 0.4) is 0 Å². The van der Waals surface area contributed by atoms with Gasteiger partial charge in [0.25, 0.3) is 0 Å². The van der Waals surface area contributed by atoms with Gasteiger partial charge in [-0.25, -0.2) is 9.37 Å². The molecule has 1 aromatic heterocycles. The molecular weight excluding hydrogens is 276 g/mol. The van der Waals surface area contributed by atoms with E-state index in [1.807, 2.05) is 18.2 Å². The van der Waals surface area contributed by atoms with Crippen molar-refractivity contribution < 1.29 is 9.13 Å². The molecule has 0 atom stereocenters. The molecule has 2 aromatic rings. The van der Waals surface area contributed by atoms with Gasteiger partial charge in [0.05, 0.1) is 12.1 Å². The Kier molecular flexibility index (Phi) is 4.39. The predicted octanol–water partition coefficient (Wildman–Crippen LogP) is 4.19. The number of halogens is 3. The number of hydrogen-bond donors (Lipinski definition) is 0. The topological polar surface area (TPSA) is 22.1 Å². The summed E-state index contributed by atoms with van der Waals surface area (Å²) in [6.45, 7) is 0.266. The van der Waals surface area contributed by atoms with Gasteiger partial charge in [-0.15, -0.1) is 11.6 Å². The minimum atomic E-state index is -0.434. The molecule has 1 aromatic carbocycles. The standard InChI is InChI=1S/C13H10Cl2FNO/c14-6-10-5-11(16)7-17-13(10)18-8-9-3-1-2-4-12(9)15/h1-5,7H,6,8H2. The quantitative estimate of drug-likeness (QED) is 0.786. The Labute approximate surface area is 114 Å². The van der Waals surface area contributed by atoms with E-state index in [-0.39, 0.29) is 12.5 Å². The summed E-state index contributed by atoms with van der Waals surface area (Å²) in [5.74, 6) is 0.0323. The van der Waals surface area contributed by atoms with Gasteiger partial charge in [0.15, 0.2) is 0 Å². The van der Waals surface area contributed by atoms with Gasteiger partial charge >= 0.3 is 0 Å². The highest BCUT2D eigenvalue weighted by atomic mass is 35.5. The molecule has 0 saturated carbocycles. The molecule has 94 valence electrons. The number of pyridine rings is 1. The fraction of sp³-hybridized carbons (Fsp3) is 0.154. The highest BCUT2D eigenvalue weighted by Gasteiger charge is 2.07. The van der Waals surface area contributed by atoms with Crippen molar-refractivity contribution in [3.63, 3.8) is 0 Å². The largest absolute Gasteiger partial charge is 0.473 e. The van der Waals surface area contributed by atoms with Crippen LogP contribution in [-0.2, 0) is 12.5 Å². The van der Waals surface area contributed by atoms with Crippen LogP contribution in [0.5, 0.6) is 5.88 Å². The normalized spacial score (nSPS) is 10.4. The molecule has 0 aliphatic rings. The average Bonchev–Trinajstić information content (AvgIpc) is 2.39. The second-order valence-corrected chi connectivity index (χ2v) is 4.31. The predicted molar refractivity (Wildman–Crippen MR) is 69.5 cm³/mol. The Balaban J connectivity index is 2.13. The summed E-state index contributed by atoms with van der Waals surface area (Å²) in [5.41, 5.74) is 1.36. The summed E-state index contributed by atoms with van der Waals surface area (Å²) < 4.78 is 18.5. The Morgan fingerprint density at radius 1 is 1.22 bits per heavy atom. The van der Waals surface area contributed by atoms with Gasteiger partial charge in [-0.05, 0) is 12.1 Å². The molecule has 18 heavy (non-hydrogen) atoms. The van der Waals surface area contributed by atoms with Crippen LogP contribution in [0.15, 0.2) is 36.5 Å². The summed E-state index contributed by atoms with van der Waals surface area (Å²) in [5, 5.41) is 0.618. The zero-order valence-electron chi connectivity index (χ0n) is 9.37. The highest BCUT2D eigenvalue weighted by Crippen LogP contribution is 2.21. The number of nitrogens with zero attached hydrogens (tertiary/aromatic N) is 1. The first-order valence-electron chi connectivity index (χ1n) is 5.27. The van der Waals surface area contributed by atoms with Crippen molar-refractivity contribution in [2.45, 2.75) is 12.5 Å². The molecule has 2 nitrogen and oxygen atoms in total. The SMILES string of the molecule is Fc1cnc(OCc2ccccc2Cl)c(CCl)c1. The first kappa shape index (κ1) is 13.1. The molecule has 0 saturated heterocycles. The van der Waals surface area contributed by atoms with Crippen LogP contribution < -0.4 is 4.74 Å². The van der Waals surface area contributed by atoms with Gasteiger partial charge in [0.1, 0.15) is 12.4 Å². The van der Waals surface area contributed by atoms with E-state index in [1.165, 1.54) is 6.07 Å². The van der Waals surface area contributed by atoms with Crippen molar-refractivity contribution in [1.29, 1.82) is 0 Å². The molecule has 0 amide bonds. The number of aromatic nitrogens is 1. The molecule has 5 heteroatoms. The average molecular weight is 286 g/mol. The zero-order valence-corrected chi connectivity index (χ0v) is 10.9. The van der Waals surface area contributed by atoms with E-state index in [0.717, 1.165) is 11.8 Å². The number of alkyl halides is 1. The molecular formula is C13H10Cl2FNO. The molecule has 0 aliphatic carbocycles. The van der Waals surface area contributed by atoms with Crippen LogP contribution in [0.1, 0.15) is 11.1 Å². The molecule has 0 bridgehead atoms. The Morgan fingerprint density at radius 3 is 2.72 bits per heavy atom. The van der Waals surface area contributed by atoms with E-state index in [4.69, 9.17) is 27.9 Å². The van der Waals surface area contributed by atoms with Crippen LogP contribution >= 0.6 is 23.2 Å². The fourth-order valence-electron chi connectivity index (χ4n) is 1.46. The second-order valence-electron chi connectivity index (χ2n) is 3.63. The van der Waals surface area contributed by atoms with E-state index >= 15 is 0 Å². The summed E-state index contributed by atoms with van der Waals surface area (Å²) in [7, 11) is 0. The molecule has 0 aliphatic heterocycles. The number of benzene rings is 1. The van der Waals surface area contributed by atoms with Crippen molar-refractivity contribution in [2.75, 3.05) is 0 Å². The Bertz CT molecular complexity index is 548. The summed E-state index contributed by atoms with van der Waals surface area (Å²) in [6.07, 6.45) is 1.10. The third-order valence-corrected chi connectivity index (χ3v) is 3.01. The van der Waals surface area contributed by atoms with Crippen LogP contribution in [0.2, 0.25) is 5.02 Å². The van der Waals surface area contributed by atoms with Gasteiger partial charge in [-0.1, -0.05) is 29.8 Å². The van der Waals surface area contributed by atoms with E-state index in [0.29, 0.717) is 16.5 Å². The van der Waals surface area contributed by atoms with Crippen LogP contribution in [0, 0.1) is 5.82 Å². The minimum Gasteiger partial charge on any atom is -0.473 e. The summed E-state index contributed by atoms with van der Waals surface area (Å²) >= 11 is 11.7. The number of ether oxygens (including phenoxy) is 1. The van der Waals surface area contributed by atoms with Crippen molar-refractivity contribution in [1.82, 2.24) is 4.98 Å². The van der Waals surface area contributed by atoms with Gasteiger partial charge in [0, 0.05) is 16.1 Å². The van der Waals surface area contributed by atoms with Gasteiger partial charge in [-0.2, -0.15) is 0 Å². The molecule has 0 fully saturated rings. The third kappa shape index (κ3) is 3.12. The van der Waals surface area contributed by atoms with Crippen molar-refractivity contribution >= 4 is 23.2 Å². The summed E-state index contributed by atoms with van der Waals surface area (Å²) in [4.78, 5) is 3.87. The molecule has 0 N–H and O–H groups in total. The lowest BCUT2D eigenvalue weighted by molar-refractivity contribution is 0.290. The highest BCUT2D eigenvalue weighted by molar-refractivity contribution is 6.31. The van der Waals surface area contributed by atoms with E-state index < -0.39 is 5.82 Å². The van der Waals surface area contributed by atoms with E-state index in [9.17, 15) is 4.39 Å². The maximum atomic E-state index is 13.0. The third-order valence-electron chi connectivity index (χ3n) is 2.36. The lowest BCUT2D eigenvalue weighted by Crippen LogP contribution is -2.01. The lowest BCUT2D eigenvalue weighted by atomic mass is 10.2. The van der Waals surface area contributed by atoms with Crippen LogP contribution in [0.25, 0.3) is 0 Å². The number of hydrogen-bond acceptors (Lipinski definition) is 2. The smallest absolute Gasteiger partial charge is 0.218 e. The van der Waals surface area contributed by atoms with Crippen LogP contribution in [-0.4, -0.2) is 4.98 Å². The monoisotopic (exact) mass is 285 g/mol. The van der Waals surface area contributed by atoms with Gasteiger partial charge in [-0.3, -0.25) is 0 Å². The second kappa shape index (κ2) is 6.03. The van der Waals surface area contributed by atoms with Crippen LogP contribution in [0.4, 0.5) is 4.39 Å².